The van der Waals surface area contributed by atoms with Gasteiger partial charge in [0, 0.05) is 11.1 Å². The van der Waals surface area contributed by atoms with E-state index in [2.05, 4.69) is 0 Å². The van der Waals surface area contributed by atoms with E-state index in [9.17, 15) is 18.3 Å². The fourth-order valence-corrected chi connectivity index (χ4v) is 5.51. The van der Waals surface area contributed by atoms with Gasteiger partial charge in [-0.3, -0.25) is 4.79 Å². The first-order valence-corrected chi connectivity index (χ1v) is 10.4. The second-order valence-corrected chi connectivity index (χ2v) is 8.68. The molecule has 2 aliphatic rings. The first-order chi connectivity index (χ1) is 13.1. The van der Waals surface area contributed by atoms with Crippen LogP contribution in [0.15, 0.2) is 98.5 Å². The maximum Gasteiger partial charge on any atom is 0.203 e. The largest absolute Gasteiger partial charge is 0.506 e. The fourth-order valence-electron chi connectivity index (χ4n) is 2.94. The zero-order chi connectivity index (χ0) is 19.0. The van der Waals surface area contributed by atoms with Gasteiger partial charge in [0.15, 0.2) is 0 Å². The number of rotatable bonds is 3. The van der Waals surface area contributed by atoms with Gasteiger partial charge in [0.25, 0.3) is 0 Å². The number of aliphatic hydroxyl groups excluding tert-OH is 1. The lowest BCUT2D eigenvalue weighted by molar-refractivity contribution is 0.104. The van der Waals surface area contributed by atoms with E-state index in [0.717, 1.165) is 0 Å². The summed E-state index contributed by atoms with van der Waals surface area (Å²) in [7, 11) is -2.89. The minimum Gasteiger partial charge on any atom is -0.506 e. The van der Waals surface area contributed by atoms with Gasteiger partial charge in [-0.2, -0.15) is 0 Å². The quantitative estimate of drug-likeness (QED) is 0.630. The topological polar surface area (TPSA) is 71.4 Å². The van der Waals surface area contributed by atoms with Crippen molar-refractivity contribution in [2.24, 2.45) is 0 Å². The number of Topliss-reactive ketones (excluding diaryl/α,β-unsaturated/α-hetero) is 1. The molecule has 1 N–H and O–H groups in total. The molecule has 2 heterocycles. The highest BCUT2D eigenvalue weighted by molar-refractivity contribution is 7.91. The number of hydrogen-bond acceptors (Lipinski definition) is 4. The summed E-state index contributed by atoms with van der Waals surface area (Å²) in [6.07, 6.45) is 7.97. The molecule has 0 bridgehead atoms. The minimum atomic E-state index is -1.47. The highest BCUT2D eigenvalue weighted by Gasteiger charge is 2.31. The number of aliphatic hydroxyl groups is 1. The van der Waals surface area contributed by atoms with E-state index in [-0.39, 0.29) is 16.4 Å². The molecule has 2 unspecified atom stereocenters. The number of allylic oxidation sites excluding steroid dienone is 6. The van der Waals surface area contributed by atoms with E-state index in [1.165, 1.54) is 6.08 Å². The van der Waals surface area contributed by atoms with Gasteiger partial charge in [-0.15, -0.1) is 0 Å². The van der Waals surface area contributed by atoms with Crippen LogP contribution in [0.2, 0.25) is 0 Å². The molecule has 0 amide bonds. The lowest BCUT2D eigenvalue weighted by Gasteiger charge is -1.95. The Labute approximate surface area is 161 Å². The van der Waals surface area contributed by atoms with Crippen LogP contribution in [0.1, 0.15) is 15.9 Å². The first-order valence-electron chi connectivity index (χ1n) is 8.14. The third-order valence-corrected chi connectivity index (χ3v) is 7.21. The van der Waals surface area contributed by atoms with Gasteiger partial charge >= 0.3 is 0 Å². The van der Waals surface area contributed by atoms with E-state index in [1.54, 1.807) is 72.8 Å². The van der Waals surface area contributed by atoms with Gasteiger partial charge < -0.3 is 5.11 Å². The Bertz CT molecular complexity index is 1100. The van der Waals surface area contributed by atoms with Crippen LogP contribution in [0.5, 0.6) is 0 Å². The van der Waals surface area contributed by atoms with E-state index >= 15 is 0 Å². The number of carbonyl (C=O) groups is 1. The van der Waals surface area contributed by atoms with Crippen LogP contribution in [0.3, 0.4) is 0 Å². The summed E-state index contributed by atoms with van der Waals surface area (Å²) >= 11 is 0. The van der Waals surface area contributed by atoms with Gasteiger partial charge in [0.1, 0.15) is 5.76 Å². The summed E-state index contributed by atoms with van der Waals surface area (Å²) in [4.78, 5) is 14.0. The predicted molar refractivity (Wildman–Crippen MR) is 106 cm³/mol. The third-order valence-electron chi connectivity index (χ3n) is 4.25. The van der Waals surface area contributed by atoms with Gasteiger partial charge in [0.2, 0.25) is 5.78 Å². The molecule has 0 aromatic heterocycles. The highest BCUT2D eigenvalue weighted by atomic mass is 32.2. The second kappa shape index (κ2) is 7.06. The minimum absolute atomic E-state index is 0.00876. The molecule has 0 spiro atoms. The number of ketones is 1. The van der Waals surface area contributed by atoms with Gasteiger partial charge in [0.05, 0.1) is 41.2 Å². The van der Waals surface area contributed by atoms with Crippen molar-refractivity contribution in [1.82, 2.24) is 0 Å². The summed E-state index contributed by atoms with van der Waals surface area (Å²) in [5, 5.41) is 10.2. The maximum atomic E-state index is 12.4. The van der Waals surface area contributed by atoms with Crippen LogP contribution >= 0.6 is 0 Å². The number of benzene rings is 2. The van der Waals surface area contributed by atoms with Gasteiger partial charge in [-0.25, -0.2) is 8.42 Å². The van der Waals surface area contributed by atoms with Gasteiger partial charge in [-0.1, -0.05) is 42.5 Å². The normalized spacial score (nSPS) is 23.0. The molecular formula is C21H14O4S2. The van der Waals surface area contributed by atoms with Crippen LogP contribution in [0.25, 0.3) is 5.76 Å². The Hall–Kier alpha value is -2.83. The average molecular weight is 394 g/mol. The fraction of sp³-hybridized carbons (Fsp3) is 0. The second-order valence-electron chi connectivity index (χ2n) is 5.85. The summed E-state index contributed by atoms with van der Waals surface area (Å²) in [5.41, 5.74) is 1.05. The molecule has 2 aromatic carbocycles. The smallest absolute Gasteiger partial charge is 0.203 e. The zero-order valence-corrected chi connectivity index (χ0v) is 15.6. The molecule has 0 radical (unpaired) electrons. The molecule has 6 heteroatoms. The SMILES string of the molecule is O=C1\C(=C/C=C/C=C/C2=C(O)c3ccccc3S2=O)S(=O)c2ccccc21. The number of carbonyl (C=O) groups excluding carboxylic acids is 1. The molecule has 4 nitrogen and oxygen atoms in total. The monoisotopic (exact) mass is 394 g/mol. The van der Waals surface area contributed by atoms with Crippen LogP contribution in [0, 0.1) is 0 Å². The summed E-state index contributed by atoms with van der Waals surface area (Å²) in [5.74, 6) is -0.222. The van der Waals surface area contributed by atoms with E-state index in [4.69, 9.17) is 0 Å². The third kappa shape index (κ3) is 2.97. The molecule has 2 atom stereocenters. The van der Waals surface area contributed by atoms with Crippen molar-refractivity contribution in [2.45, 2.75) is 9.79 Å². The van der Waals surface area contributed by atoms with E-state index in [1.807, 2.05) is 0 Å². The molecule has 2 aliphatic heterocycles. The van der Waals surface area contributed by atoms with Crippen molar-refractivity contribution >= 4 is 33.1 Å². The molecule has 0 fully saturated rings. The predicted octanol–water partition coefficient (Wildman–Crippen LogP) is 4.03. The Morgan fingerprint density at radius 2 is 1.41 bits per heavy atom. The molecule has 4 rings (SSSR count). The molecule has 2 aromatic rings. The van der Waals surface area contributed by atoms with Crippen LogP contribution in [-0.4, -0.2) is 19.3 Å². The highest BCUT2D eigenvalue weighted by Crippen LogP contribution is 2.35. The number of hydrogen-bond donors (Lipinski definition) is 1. The average Bonchev–Trinajstić information content (AvgIpc) is 3.08. The van der Waals surface area contributed by atoms with Crippen molar-refractivity contribution in [2.75, 3.05) is 0 Å². The van der Waals surface area contributed by atoms with E-state index < -0.39 is 21.6 Å². The zero-order valence-electron chi connectivity index (χ0n) is 14.0. The Morgan fingerprint density at radius 1 is 0.778 bits per heavy atom. The molecule has 0 aliphatic carbocycles. The van der Waals surface area contributed by atoms with Crippen molar-refractivity contribution in [3.05, 3.63) is 99.8 Å². The van der Waals surface area contributed by atoms with Crippen molar-refractivity contribution in [1.29, 1.82) is 0 Å². The number of fused-ring (bicyclic) bond motifs is 2. The van der Waals surface area contributed by atoms with Crippen molar-refractivity contribution in [3.8, 4) is 0 Å². The Morgan fingerprint density at radius 3 is 2.07 bits per heavy atom. The Balaban J connectivity index is 1.52. The van der Waals surface area contributed by atoms with Crippen molar-refractivity contribution in [3.63, 3.8) is 0 Å². The van der Waals surface area contributed by atoms with Crippen LogP contribution < -0.4 is 0 Å². The molecule has 134 valence electrons. The van der Waals surface area contributed by atoms with E-state index in [0.29, 0.717) is 25.8 Å². The van der Waals surface area contributed by atoms with Crippen LogP contribution in [-0.2, 0) is 21.6 Å². The maximum absolute atomic E-state index is 12.4. The molecule has 0 saturated carbocycles. The summed E-state index contributed by atoms with van der Waals surface area (Å²) < 4.78 is 24.8. The van der Waals surface area contributed by atoms with Crippen molar-refractivity contribution < 1.29 is 18.3 Å². The summed E-state index contributed by atoms with van der Waals surface area (Å²) in [6.45, 7) is 0. The van der Waals surface area contributed by atoms with Gasteiger partial charge in [-0.05, 0) is 36.4 Å². The Kier molecular flexibility index (Phi) is 4.59. The lowest BCUT2D eigenvalue weighted by Crippen LogP contribution is -1.95. The first kappa shape index (κ1) is 17.6. The lowest BCUT2D eigenvalue weighted by atomic mass is 10.1. The molecular weight excluding hydrogens is 380 g/mol. The molecule has 27 heavy (non-hydrogen) atoms. The summed E-state index contributed by atoms with van der Waals surface area (Å²) in [6, 6.07) is 13.9. The standard InChI is InChI=1S/C21H14O4S2/c22-20-14-8-4-6-10-16(14)26(24)18(20)12-2-1-3-13-19-21(23)15-9-5-7-11-17(15)27(19)25/h1-13,22H/b3-1+,12-2+,19-13+. The van der Waals surface area contributed by atoms with Crippen LogP contribution in [0.4, 0.5) is 0 Å². The molecule has 0 saturated heterocycles.